The normalized spacial score (nSPS) is 21.4. The van der Waals surface area contributed by atoms with Crippen molar-refractivity contribution in [3.63, 3.8) is 0 Å². The van der Waals surface area contributed by atoms with Crippen molar-refractivity contribution in [2.75, 3.05) is 0 Å². The van der Waals surface area contributed by atoms with Crippen LogP contribution in [0.4, 0.5) is 0 Å². The molecule has 1 aliphatic rings. The number of hydrogen-bond acceptors (Lipinski definition) is 5. The second kappa shape index (κ2) is 6.62. The van der Waals surface area contributed by atoms with Crippen molar-refractivity contribution < 1.29 is 14.7 Å². The van der Waals surface area contributed by atoms with Gasteiger partial charge in [-0.25, -0.2) is 0 Å². The fourth-order valence-electron chi connectivity index (χ4n) is 2.79. The maximum atomic E-state index is 10.7. The van der Waals surface area contributed by atoms with E-state index in [9.17, 15) is 5.11 Å². The van der Waals surface area contributed by atoms with Gasteiger partial charge in [0.05, 0.1) is 24.3 Å². The number of nitriles is 1. The Kier molecular flexibility index (Phi) is 4.54. The number of fused-ring (bicyclic) bond motifs is 1. The molecule has 0 saturated carbocycles. The molecule has 24 heavy (non-hydrogen) atoms. The van der Waals surface area contributed by atoms with Crippen LogP contribution in [0, 0.1) is 11.3 Å². The minimum absolute atomic E-state index is 0.374. The van der Waals surface area contributed by atoms with E-state index in [0.717, 1.165) is 5.56 Å². The molecule has 0 amide bonds. The third kappa shape index (κ3) is 3.26. The average molecular weight is 324 g/mol. The third-order valence-electron chi connectivity index (χ3n) is 4.17. The summed E-state index contributed by atoms with van der Waals surface area (Å²) in [5.74, 6) is 0.644. The van der Waals surface area contributed by atoms with Crippen molar-refractivity contribution >= 4 is 0 Å². The predicted molar refractivity (Wildman–Crippen MR) is 89.0 cm³/mol. The summed E-state index contributed by atoms with van der Waals surface area (Å²) in [6.45, 7) is 4.02. The van der Waals surface area contributed by atoms with Crippen LogP contribution in [0.5, 0.6) is 5.75 Å². The van der Waals surface area contributed by atoms with E-state index in [0.29, 0.717) is 23.5 Å². The first-order valence-corrected chi connectivity index (χ1v) is 7.83. The molecule has 3 rings (SSSR count). The van der Waals surface area contributed by atoms with Crippen LogP contribution in [0.3, 0.4) is 0 Å². The van der Waals surface area contributed by atoms with Crippen molar-refractivity contribution in [1.82, 2.24) is 5.48 Å². The highest BCUT2D eigenvalue weighted by Crippen LogP contribution is 2.40. The molecule has 1 heterocycles. The molecule has 2 N–H and O–H groups in total. The Labute approximate surface area is 141 Å². The number of nitrogens with one attached hydrogen (secondary N) is 1. The highest BCUT2D eigenvalue weighted by molar-refractivity contribution is 5.46. The van der Waals surface area contributed by atoms with Gasteiger partial charge in [0.1, 0.15) is 17.5 Å². The molecule has 2 aromatic carbocycles. The Bertz CT molecular complexity index is 753. The van der Waals surface area contributed by atoms with Crippen LogP contribution >= 0.6 is 0 Å². The van der Waals surface area contributed by atoms with Gasteiger partial charge >= 0.3 is 0 Å². The number of hydroxylamine groups is 1. The number of rotatable bonds is 4. The zero-order chi connectivity index (χ0) is 17.2. The highest BCUT2D eigenvalue weighted by Gasteiger charge is 2.43. The van der Waals surface area contributed by atoms with Crippen molar-refractivity contribution in [3.8, 4) is 11.8 Å². The lowest BCUT2D eigenvalue weighted by molar-refractivity contribution is -0.108. The zero-order valence-corrected chi connectivity index (χ0v) is 13.7. The van der Waals surface area contributed by atoms with Crippen LogP contribution < -0.4 is 10.2 Å². The van der Waals surface area contributed by atoms with Crippen LogP contribution in [-0.2, 0) is 11.4 Å². The van der Waals surface area contributed by atoms with Crippen LogP contribution in [0.2, 0.25) is 0 Å². The van der Waals surface area contributed by atoms with E-state index in [2.05, 4.69) is 11.5 Å². The molecule has 5 nitrogen and oxygen atoms in total. The van der Waals surface area contributed by atoms with E-state index < -0.39 is 17.7 Å². The summed E-state index contributed by atoms with van der Waals surface area (Å²) >= 11 is 0. The van der Waals surface area contributed by atoms with Gasteiger partial charge < -0.3 is 9.84 Å². The predicted octanol–water partition coefficient (Wildman–Crippen LogP) is 2.85. The lowest BCUT2D eigenvalue weighted by Crippen LogP contribution is -2.52. The molecule has 0 saturated heterocycles. The average Bonchev–Trinajstić information content (AvgIpc) is 2.58. The molecule has 2 atom stereocenters. The Morgan fingerprint density at radius 1 is 1.25 bits per heavy atom. The standard InChI is InChI=1S/C19H20N2O3/c1-19(2)18(22)17(21-23-12-13-6-4-3-5-7-13)15-10-14(11-20)8-9-16(15)24-19/h3-10,17-18,21-22H,12H2,1-2H3. The van der Waals surface area contributed by atoms with Gasteiger partial charge in [-0.3, -0.25) is 4.84 Å². The SMILES string of the molecule is CC1(C)Oc2ccc(C#N)cc2C(NOCc2ccccc2)C1O. The lowest BCUT2D eigenvalue weighted by atomic mass is 9.86. The minimum atomic E-state index is -0.824. The Morgan fingerprint density at radius 2 is 2.00 bits per heavy atom. The topological polar surface area (TPSA) is 74.5 Å². The molecule has 1 aliphatic heterocycles. The number of ether oxygens (including phenoxy) is 1. The highest BCUT2D eigenvalue weighted by atomic mass is 16.6. The molecule has 0 bridgehead atoms. The maximum absolute atomic E-state index is 10.7. The number of nitrogens with zero attached hydrogens (tertiary/aromatic N) is 1. The monoisotopic (exact) mass is 324 g/mol. The van der Waals surface area contributed by atoms with E-state index in [1.165, 1.54) is 0 Å². The first kappa shape index (κ1) is 16.5. The largest absolute Gasteiger partial charge is 0.485 e. The summed E-state index contributed by atoms with van der Waals surface area (Å²) in [7, 11) is 0. The molecular weight excluding hydrogens is 304 g/mol. The smallest absolute Gasteiger partial charge is 0.131 e. The summed E-state index contributed by atoms with van der Waals surface area (Å²) in [5.41, 5.74) is 4.43. The summed E-state index contributed by atoms with van der Waals surface area (Å²) in [6.07, 6.45) is -0.824. The van der Waals surface area contributed by atoms with Crippen molar-refractivity contribution in [3.05, 3.63) is 65.2 Å². The van der Waals surface area contributed by atoms with E-state index >= 15 is 0 Å². The van der Waals surface area contributed by atoms with Crippen LogP contribution in [0.25, 0.3) is 0 Å². The van der Waals surface area contributed by atoms with Crippen molar-refractivity contribution in [1.29, 1.82) is 5.26 Å². The Morgan fingerprint density at radius 3 is 2.71 bits per heavy atom. The van der Waals surface area contributed by atoms with E-state index in [1.54, 1.807) is 18.2 Å². The van der Waals surface area contributed by atoms with Gasteiger partial charge in [-0.1, -0.05) is 30.3 Å². The Balaban J connectivity index is 1.81. The second-order valence-corrected chi connectivity index (χ2v) is 6.38. The molecule has 0 fully saturated rings. The van der Waals surface area contributed by atoms with Crippen molar-refractivity contribution in [2.24, 2.45) is 0 Å². The van der Waals surface area contributed by atoms with E-state index in [4.69, 9.17) is 14.8 Å². The van der Waals surface area contributed by atoms with Crippen LogP contribution in [0.15, 0.2) is 48.5 Å². The molecular formula is C19H20N2O3. The number of aliphatic hydroxyl groups is 1. The number of benzene rings is 2. The molecule has 2 unspecified atom stereocenters. The second-order valence-electron chi connectivity index (χ2n) is 6.38. The van der Waals surface area contributed by atoms with E-state index in [1.807, 2.05) is 44.2 Å². The quantitative estimate of drug-likeness (QED) is 0.846. The molecule has 2 aromatic rings. The molecule has 0 radical (unpaired) electrons. The molecule has 5 heteroatoms. The molecule has 0 aliphatic carbocycles. The van der Waals surface area contributed by atoms with Crippen LogP contribution in [0.1, 0.15) is 36.6 Å². The summed E-state index contributed by atoms with van der Waals surface area (Å²) in [4.78, 5) is 5.60. The fourth-order valence-corrected chi connectivity index (χ4v) is 2.79. The molecule has 0 spiro atoms. The zero-order valence-electron chi connectivity index (χ0n) is 13.7. The molecule has 0 aromatic heterocycles. The first-order valence-electron chi connectivity index (χ1n) is 7.83. The molecule has 124 valence electrons. The van der Waals surface area contributed by atoms with Gasteiger partial charge in [-0.2, -0.15) is 10.7 Å². The van der Waals surface area contributed by atoms with Crippen molar-refractivity contribution in [2.45, 2.75) is 38.2 Å². The summed E-state index contributed by atoms with van der Waals surface area (Å²) in [6, 6.07) is 16.6. The van der Waals surface area contributed by atoms with Gasteiger partial charge in [0.15, 0.2) is 0 Å². The number of aliphatic hydroxyl groups excluding tert-OH is 1. The van der Waals surface area contributed by atoms with Gasteiger partial charge in [0, 0.05) is 5.56 Å². The third-order valence-corrected chi connectivity index (χ3v) is 4.17. The van der Waals surface area contributed by atoms with Gasteiger partial charge in [-0.05, 0) is 37.6 Å². The van der Waals surface area contributed by atoms with Gasteiger partial charge in [0.2, 0.25) is 0 Å². The lowest BCUT2D eigenvalue weighted by Gasteiger charge is -2.42. The van der Waals surface area contributed by atoms with Gasteiger partial charge in [0.25, 0.3) is 0 Å². The Hall–Kier alpha value is -2.39. The first-order chi connectivity index (χ1) is 11.5. The van der Waals surface area contributed by atoms with Crippen LogP contribution in [-0.4, -0.2) is 16.8 Å². The summed E-state index contributed by atoms with van der Waals surface area (Å²) in [5, 5.41) is 19.8. The summed E-state index contributed by atoms with van der Waals surface area (Å²) < 4.78 is 5.87. The maximum Gasteiger partial charge on any atom is 0.131 e. The minimum Gasteiger partial charge on any atom is -0.485 e. The van der Waals surface area contributed by atoms with Gasteiger partial charge in [-0.15, -0.1) is 0 Å². The number of hydrogen-bond donors (Lipinski definition) is 2. The fraction of sp³-hybridized carbons (Fsp3) is 0.316. The van der Waals surface area contributed by atoms with E-state index in [-0.39, 0.29) is 0 Å².